The normalized spacial score (nSPS) is 11.1. The summed E-state index contributed by atoms with van der Waals surface area (Å²) >= 11 is 6.08. The maximum Gasteiger partial charge on any atom is 0.330 e. The van der Waals surface area contributed by atoms with Crippen molar-refractivity contribution in [2.45, 2.75) is 0 Å². The summed E-state index contributed by atoms with van der Waals surface area (Å²) in [4.78, 5) is 25.7. The van der Waals surface area contributed by atoms with E-state index in [1.54, 1.807) is 51.7 Å². The van der Waals surface area contributed by atoms with Gasteiger partial charge in [0.05, 0.1) is 36.5 Å². The largest absolute Gasteiger partial charge is 0.497 e. The molecule has 0 fully saturated rings. The minimum atomic E-state index is -0.398. The van der Waals surface area contributed by atoms with Gasteiger partial charge >= 0.3 is 5.69 Å². The predicted octanol–water partition coefficient (Wildman–Crippen LogP) is 3.37. The van der Waals surface area contributed by atoms with E-state index in [9.17, 15) is 9.59 Å². The Labute approximate surface area is 177 Å². The molecule has 4 rings (SSSR count). The molecule has 2 aromatic carbocycles. The van der Waals surface area contributed by atoms with E-state index in [4.69, 9.17) is 21.1 Å². The van der Waals surface area contributed by atoms with Gasteiger partial charge in [0, 0.05) is 31.4 Å². The molecule has 0 bridgehead atoms. The third-order valence-electron chi connectivity index (χ3n) is 5.20. The maximum absolute atomic E-state index is 13.1. The number of hydrogen-bond donors (Lipinski definition) is 0. The van der Waals surface area contributed by atoms with Gasteiger partial charge in [-0.1, -0.05) is 23.7 Å². The number of benzene rings is 2. The van der Waals surface area contributed by atoms with Crippen LogP contribution in [0.1, 0.15) is 0 Å². The van der Waals surface area contributed by atoms with Gasteiger partial charge in [-0.25, -0.2) is 4.79 Å². The first-order valence-electron chi connectivity index (χ1n) is 9.16. The average Bonchev–Trinajstić information content (AvgIpc) is 3.17. The molecule has 0 N–H and O–H groups in total. The molecule has 0 amide bonds. The Morgan fingerprint density at radius 2 is 1.60 bits per heavy atom. The lowest BCUT2D eigenvalue weighted by Crippen LogP contribution is -2.36. The van der Waals surface area contributed by atoms with Crippen LogP contribution in [0.3, 0.4) is 0 Å². The molecule has 0 aliphatic carbocycles. The molecular weight excluding hydrogens is 406 g/mol. The molecule has 2 heterocycles. The number of aryl methyl sites for hydroxylation is 1. The molecule has 30 heavy (non-hydrogen) atoms. The van der Waals surface area contributed by atoms with Crippen LogP contribution < -0.4 is 20.7 Å². The topological polar surface area (TPSA) is 67.4 Å². The van der Waals surface area contributed by atoms with Crippen molar-refractivity contribution in [2.24, 2.45) is 14.1 Å². The molecule has 154 valence electrons. The van der Waals surface area contributed by atoms with Gasteiger partial charge in [-0.15, -0.1) is 0 Å². The molecule has 0 aliphatic rings. The first-order chi connectivity index (χ1) is 14.4. The fourth-order valence-corrected chi connectivity index (χ4v) is 3.73. The Hall–Kier alpha value is -3.45. The van der Waals surface area contributed by atoms with Crippen molar-refractivity contribution in [3.05, 3.63) is 74.5 Å². The summed E-state index contributed by atoms with van der Waals surface area (Å²) in [5, 5.41) is 1.01. The summed E-state index contributed by atoms with van der Waals surface area (Å²) in [5.41, 5.74) is 1.81. The number of halogens is 1. The second-order valence-corrected chi connectivity index (χ2v) is 7.29. The highest BCUT2D eigenvalue weighted by atomic mass is 35.5. The van der Waals surface area contributed by atoms with Crippen molar-refractivity contribution in [1.82, 2.24) is 13.7 Å². The van der Waals surface area contributed by atoms with Crippen LogP contribution in [-0.2, 0) is 14.1 Å². The number of ether oxygens (including phenoxy) is 2. The highest BCUT2D eigenvalue weighted by Crippen LogP contribution is 2.36. The molecule has 0 unspecified atom stereocenters. The van der Waals surface area contributed by atoms with Crippen LogP contribution in [0.15, 0.2) is 58.3 Å². The fourth-order valence-electron chi connectivity index (χ4n) is 3.61. The van der Waals surface area contributed by atoms with E-state index in [1.807, 2.05) is 22.8 Å². The molecule has 0 saturated heterocycles. The van der Waals surface area contributed by atoms with Crippen molar-refractivity contribution >= 4 is 22.5 Å². The van der Waals surface area contributed by atoms with Gasteiger partial charge in [0.15, 0.2) is 0 Å². The summed E-state index contributed by atoms with van der Waals surface area (Å²) in [6, 6.07) is 12.6. The summed E-state index contributed by atoms with van der Waals surface area (Å²) in [6.07, 6.45) is 1.76. The van der Waals surface area contributed by atoms with E-state index in [0.29, 0.717) is 38.8 Å². The Balaban J connectivity index is 2.21. The summed E-state index contributed by atoms with van der Waals surface area (Å²) in [6.45, 7) is 0. The quantitative estimate of drug-likeness (QED) is 0.503. The monoisotopic (exact) mass is 425 g/mol. The van der Waals surface area contributed by atoms with Gasteiger partial charge in [0.25, 0.3) is 5.56 Å². The zero-order valence-corrected chi connectivity index (χ0v) is 17.7. The zero-order valence-electron chi connectivity index (χ0n) is 17.0. The third-order valence-corrected chi connectivity index (χ3v) is 5.45. The lowest BCUT2D eigenvalue weighted by Gasteiger charge is -2.15. The molecule has 8 heteroatoms. The fraction of sp³-hybridized carbons (Fsp3) is 0.182. The van der Waals surface area contributed by atoms with E-state index in [1.165, 1.54) is 11.6 Å². The van der Waals surface area contributed by atoms with E-state index in [-0.39, 0.29) is 5.56 Å². The Morgan fingerprint density at radius 3 is 2.23 bits per heavy atom. The van der Waals surface area contributed by atoms with Crippen LogP contribution in [0.25, 0.3) is 27.8 Å². The van der Waals surface area contributed by atoms with Crippen molar-refractivity contribution in [1.29, 1.82) is 0 Å². The van der Waals surface area contributed by atoms with Gasteiger partial charge in [0.2, 0.25) is 0 Å². The summed E-state index contributed by atoms with van der Waals surface area (Å²) in [7, 11) is 6.27. The van der Waals surface area contributed by atoms with Gasteiger partial charge in [-0.2, -0.15) is 0 Å². The summed E-state index contributed by atoms with van der Waals surface area (Å²) < 4.78 is 15.4. The van der Waals surface area contributed by atoms with Gasteiger partial charge in [-0.3, -0.25) is 13.9 Å². The predicted molar refractivity (Wildman–Crippen MR) is 117 cm³/mol. The van der Waals surface area contributed by atoms with Crippen molar-refractivity contribution in [3.63, 3.8) is 0 Å². The van der Waals surface area contributed by atoms with Crippen LogP contribution in [0.4, 0.5) is 0 Å². The molecule has 0 saturated carbocycles. The highest BCUT2D eigenvalue weighted by molar-refractivity contribution is 6.30. The second kappa shape index (κ2) is 7.42. The minimum absolute atomic E-state index is 0.376. The van der Waals surface area contributed by atoms with E-state index < -0.39 is 5.69 Å². The Bertz CT molecular complexity index is 1380. The van der Waals surface area contributed by atoms with Crippen LogP contribution in [0.5, 0.6) is 11.5 Å². The number of fused-ring (bicyclic) bond motifs is 1. The molecule has 4 aromatic rings. The van der Waals surface area contributed by atoms with Gasteiger partial charge in [-0.05, 0) is 29.8 Å². The van der Waals surface area contributed by atoms with Gasteiger partial charge in [0.1, 0.15) is 11.5 Å². The second-order valence-electron chi connectivity index (χ2n) is 6.86. The number of hydrogen-bond acceptors (Lipinski definition) is 4. The Morgan fingerprint density at radius 1 is 0.900 bits per heavy atom. The van der Waals surface area contributed by atoms with Crippen molar-refractivity contribution in [2.75, 3.05) is 14.2 Å². The number of methoxy groups -OCH3 is 2. The molecule has 0 radical (unpaired) electrons. The van der Waals surface area contributed by atoms with Crippen LogP contribution >= 0.6 is 11.6 Å². The molecule has 0 spiro atoms. The van der Waals surface area contributed by atoms with Crippen LogP contribution in [0.2, 0.25) is 5.02 Å². The maximum atomic E-state index is 13.1. The minimum Gasteiger partial charge on any atom is -0.497 e. The molecule has 7 nitrogen and oxygen atoms in total. The summed E-state index contributed by atoms with van der Waals surface area (Å²) in [5.74, 6) is 1.22. The van der Waals surface area contributed by atoms with Crippen LogP contribution in [0, 0.1) is 0 Å². The zero-order chi connectivity index (χ0) is 21.6. The average molecular weight is 426 g/mol. The molecular formula is C22H20ClN3O4. The molecule has 0 atom stereocenters. The molecule has 0 aliphatic heterocycles. The van der Waals surface area contributed by atoms with Gasteiger partial charge < -0.3 is 14.0 Å². The van der Waals surface area contributed by atoms with Crippen LogP contribution in [-0.4, -0.2) is 27.9 Å². The van der Waals surface area contributed by atoms with E-state index in [0.717, 1.165) is 10.1 Å². The standard InChI is InChI=1S/C22H20ClN3O4/c1-24-17-12-26(16-11-15(29-3)9-10-18(16)30-4)20(13-5-7-14(23)8-6-13)19(17)21(27)25(2)22(24)28/h5-12H,1-4H3. The lowest BCUT2D eigenvalue weighted by molar-refractivity contribution is 0.401. The Kier molecular flexibility index (Phi) is 4.91. The number of nitrogens with zero attached hydrogens (tertiary/aromatic N) is 3. The molecule has 2 aromatic heterocycles. The highest BCUT2D eigenvalue weighted by Gasteiger charge is 2.22. The SMILES string of the molecule is COc1ccc(OC)c(-n2cc3c(c2-c2ccc(Cl)cc2)c(=O)n(C)c(=O)n3C)c1. The third kappa shape index (κ3) is 2.98. The smallest absolute Gasteiger partial charge is 0.330 e. The lowest BCUT2D eigenvalue weighted by atomic mass is 10.1. The first kappa shape index (κ1) is 19.8. The number of aromatic nitrogens is 3. The first-order valence-corrected chi connectivity index (χ1v) is 9.54. The van der Waals surface area contributed by atoms with Crippen molar-refractivity contribution < 1.29 is 9.47 Å². The number of rotatable bonds is 4. The van der Waals surface area contributed by atoms with E-state index in [2.05, 4.69) is 0 Å². The van der Waals surface area contributed by atoms with E-state index >= 15 is 0 Å². The van der Waals surface area contributed by atoms with Crippen molar-refractivity contribution in [3.8, 4) is 28.4 Å².